The second-order valence-corrected chi connectivity index (χ2v) is 7.55. The van der Waals surface area contributed by atoms with Crippen LogP contribution in [0.15, 0.2) is 78.9 Å². The molecule has 1 aliphatic rings. The molecule has 3 aromatic rings. The molecule has 0 fully saturated rings. The number of benzene rings is 3. The van der Waals surface area contributed by atoms with Gasteiger partial charge in [-0.1, -0.05) is 66.7 Å². The Balaban J connectivity index is 1.50. The standard InChI is InChI=1S/C26H27NO3/c28-26(15-12-20-8-3-1-4-9-20)27-23(18-21-10-5-2-6-11-21)22-13-14-24-25(19-22)30-17-7-16-29-24/h1-6,8-11,13-14,19,23H,7,12,15-18H2,(H,27,28)/t23-/m0/s1. The molecule has 0 spiro atoms. The first-order valence-electron chi connectivity index (χ1n) is 10.5. The van der Waals surface area contributed by atoms with E-state index in [9.17, 15) is 4.79 Å². The van der Waals surface area contributed by atoms with Gasteiger partial charge >= 0.3 is 0 Å². The lowest BCUT2D eigenvalue weighted by atomic mass is 9.98. The highest BCUT2D eigenvalue weighted by molar-refractivity contribution is 5.76. The van der Waals surface area contributed by atoms with E-state index in [0.717, 1.165) is 36.3 Å². The van der Waals surface area contributed by atoms with Crippen LogP contribution in [0.5, 0.6) is 11.5 Å². The second kappa shape index (κ2) is 9.97. The summed E-state index contributed by atoms with van der Waals surface area (Å²) < 4.78 is 11.6. The lowest BCUT2D eigenvalue weighted by Gasteiger charge is -2.21. The van der Waals surface area contributed by atoms with Crippen LogP contribution in [0.25, 0.3) is 0 Å². The van der Waals surface area contributed by atoms with Gasteiger partial charge in [0.2, 0.25) is 5.91 Å². The van der Waals surface area contributed by atoms with Gasteiger partial charge < -0.3 is 14.8 Å². The minimum absolute atomic E-state index is 0.0481. The molecule has 1 heterocycles. The van der Waals surface area contributed by atoms with E-state index in [-0.39, 0.29) is 11.9 Å². The Morgan fingerprint density at radius 2 is 1.50 bits per heavy atom. The summed E-state index contributed by atoms with van der Waals surface area (Å²) in [6.45, 7) is 1.30. The molecule has 1 atom stereocenters. The van der Waals surface area contributed by atoms with E-state index in [1.807, 2.05) is 54.6 Å². The Labute approximate surface area is 177 Å². The zero-order valence-corrected chi connectivity index (χ0v) is 17.1. The zero-order chi connectivity index (χ0) is 20.6. The number of amides is 1. The maximum absolute atomic E-state index is 12.8. The van der Waals surface area contributed by atoms with Crippen LogP contribution in [0.3, 0.4) is 0 Å². The Hall–Kier alpha value is -3.27. The molecule has 4 nitrogen and oxygen atoms in total. The molecule has 0 saturated heterocycles. The van der Waals surface area contributed by atoms with Crippen molar-refractivity contribution in [3.63, 3.8) is 0 Å². The van der Waals surface area contributed by atoms with Crippen LogP contribution in [0.1, 0.15) is 35.6 Å². The maximum atomic E-state index is 12.8. The number of carbonyl (C=O) groups excluding carboxylic acids is 1. The van der Waals surface area contributed by atoms with Gasteiger partial charge in [-0.05, 0) is 41.7 Å². The minimum atomic E-state index is -0.132. The van der Waals surface area contributed by atoms with Gasteiger partial charge in [0, 0.05) is 12.8 Å². The number of ether oxygens (including phenoxy) is 2. The van der Waals surface area contributed by atoms with Gasteiger partial charge in [0.05, 0.1) is 19.3 Å². The van der Waals surface area contributed by atoms with Gasteiger partial charge in [0.1, 0.15) is 0 Å². The Bertz CT molecular complexity index is 957. The van der Waals surface area contributed by atoms with E-state index in [2.05, 4.69) is 29.6 Å². The molecule has 0 radical (unpaired) electrons. The second-order valence-electron chi connectivity index (χ2n) is 7.55. The van der Waals surface area contributed by atoms with Crippen molar-refractivity contribution in [1.29, 1.82) is 0 Å². The first-order chi connectivity index (χ1) is 14.8. The average molecular weight is 402 g/mol. The van der Waals surface area contributed by atoms with Crippen molar-refractivity contribution < 1.29 is 14.3 Å². The van der Waals surface area contributed by atoms with E-state index < -0.39 is 0 Å². The number of aryl methyl sites for hydroxylation is 1. The van der Waals surface area contributed by atoms with Gasteiger partial charge in [0.15, 0.2) is 11.5 Å². The van der Waals surface area contributed by atoms with Crippen LogP contribution >= 0.6 is 0 Å². The molecule has 4 heteroatoms. The molecular formula is C26H27NO3. The van der Waals surface area contributed by atoms with Crippen molar-refractivity contribution >= 4 is 5.91 Å². The number of rotatable bonds is 7. The molecule has 1 aliphatic heterocycles. The molecule has 4 rings (SSSR count). The van der Waals surface area contributed by atoms with Gasteiger partial charge in [-0.25, -0.2) is 0 Å². The topological polar surface area (TPSA) is 47.6 Å². The van der Waals surface area contributed by atoms with Crippen molar-refractivity contribution in [3.05, 3.63) is 95.6 Å². The third-order valence-electron chi connectivity index (χ3n) is 5.28. The van der Waals surface area contributed by atoms with Crippen molar-refractivity contribution in [2.24, 2.45) is 0 Å². The molecular weight excluding hydrogens is 374 g/mol. The zero-order valence-electron chi connectivity index (χ0n) is 17.1. The van der Waals surface area contributed by atoms with E-state index >= 15 is 0 Å². The van der Waals surface area contributed by atoms with Crippen LogP contribution < -0.4 is 14.8 Å². The van der Waals surface area contributed by atoms with E-state index in [1.54, 1.807) is 0 Å². The van der Waals surface area contributed by atoms with Crippen molar-refractivity contribution in [1.82, 2.24) is 5.32 Å². The predicted molar refractivity (Wildman–Crippen MR) is 118 cm³/mol. The Morgan fingerprint density at radius 1 is 0.833 bits per heavy atom. The van der Waals surface area contributed by atoms with Crippen LogP contribution in [0.4, 0.5) is 0 Å². The first kappa shape index (κ1) is 20.0. The Morgan fingerprint density at radius 3 is 2.23 bits per heavy atom. The molecule has 0 bridgehead atoms. The third-order valence-corrected chi connectivity index (χ3v) is 5.28. The summed E-state index contributed by atoms with van der Waals surface area (Å²) in [6.07, 6.45) is 2.77. The highest BCUT2D eigenvalue weighted by Gasteiger charge is 2.19. The summed E-state index contributed by atoms with van der Waals surface area (Å²) in [5.41, 5.74) is 3.37. The monoisotopic (exact) mass is 401 g/mol. The fourth-order valence-corrected chi connectivity index (χ4v) is 3.67. The summed E-state index contributed by atoms with van der Waals surface area (Å²) in [4.78, 5) is 12.8. The number of fused-ring (bicyclic) bond motifs is 1. The molecule has 154 valence electrons. The van der Waals surface area contributed by atoms with Gasteiger partial charge in [-0.3, -0.25) is 4.79 Å². The van der Waals surface area contributed by atoms with E-state index in [1.165, 1.54) is 11.1 Å². The van der Waals surface area contributed by atoms with Crippen molar-refractivity contribution in [3.8, 4) is 11.5 Å². The summed E-state index contributed by atoms with van der Waals surface area (Å²) in [7, 11) is 0. The molecule has 0 aromatic heterocycles. The first-order valence-corrected chi connectivity index (χ1v) is 10.5. The summed E-state index contributed by atoms with van der Waals surface area (Å²) in [5, 5.41) is 3.24. The summed E-state index contributed by atoms with van der Waals surface area (Å²) in [6, 6.07) is 26.2. The molecule has 3 aromatic carbocycles. The Kier molecular flexibility index (Phi) is 6.65. The van der Waals surface area contributed by atoms with Crippen LogP contribution in [-0.4, -0.2) is 19.1 Å². The predicted octanol–water partition coefficient (Wildman–Crippen LogP) is 4.88. The van der Waals surface area contributed by atoms with Crippen molar-refractivity contribution in [2.45, 2.75) is 31.7 Å². The molecule has 0 aliphatic carbocycles. The number of hydrogen-bond acceptors (Lipinski definition) is 3. The molecule has 0 saturated carbocycles. The number of carbonyl (C=O) groups is 1. The molecule has 30 heavy (non-hydrogen) atoms. The lowest BCUT2D eigenvalue weighted by molar-refractivity contribution is -0.121. The SMILES string of the molecule is O=C(CCc1ccccc1)N[C@@H](Cc1ccccc1)c1ccc2c(c1)OCCCO2. The maximum Gasteiger partial charge on any atom is 0.220 e. The van der Waals surface area contributed by atoms with Gasteiger partial charge in [-0.2, -0.15) is 0 Å². The van der Waals surface area contributed by atoms with E-state index in [0.29, 0.717) is 19.6 Å². The summed E-state index contributed by atoms with van der Waals surface area (Å²) in [5.74, 6) is 1.57. The average Bonchev–Trinajstić information content (AvgIpc) is 3.03. The number of nitrogens with one attached hydrogen (secondary N) is 1. The highest BCUT2D eigenvalue weighted by atomic mass is 16.5. The molecule has 1 amide bonds. The summed E-state index contributed by atoms with van der Waals surface area (Å²) >= 11 is 0. The van der Waals surface area contributed by atoms with Crippen LogP contribution in [0, 0.1) is 0 Å². The quantitative estimate of drug-likeness (QED) is 0.614. The fraction of sp³-hybridized carbons (Fsp3) is 0.269. The van der Waals surface area contributed by atoms with Gasteiger partial charge in [0.25, 0.3) is 0 Å². The third kappa shape index (κ3) is 5.41. The lowest BCUT2D eigenvalue weighted by Crippen LogP contribution is -2.30. The van der Waals surface area contributed by atoms with Crippen LogP contribution in [0.2, 0.25) is 0 Å². The number of hydrogen-bond donors (Lipinski definition) is 1. The minimum Gasteiger partial charge on any atom is -0.490 e. The fourth-order valence-electron chi connectivity index (χ4n) is 3.67. The van der Waals surface area contributed by atoms with Crippen LogP contribution in [-0.2, 0) is 17.6 Å². The highest BCUT2D eigenvalue weighted by Crippen LogP contribution is 2.33. The molecule has 0 unspecified atom stereocenters. The van der Waals surface area contributed by atoms with Crippen molar-refractivity contribution in [2.75, 3.05) is 13.2 Å². The normalized spacial score (nSPS) is 13.9. The molecule has 1 N–H and O–H groups in total. The largest absolute Gasteiger partial charge is 0.490 e. The smallest absolute Gasteiger partial charge is 0.220 e. The van der Waals surface area contributed by atoms with E-state index in [4.69, 9.17) is 9.47 Å². The van der Waals surface area contributed by atoms with Gasteiger partial charge in [-0.15, -0.1) is 0 Å².